The first-order chi connectivity index (χ1) is 9.86. The molecule has 0 heterocycles. The van der Waals surface area contributed by atoms with Crippen LogP contribution in [0.4, 0.5) is 0 Å². The van der Waals surface area contributed by atoms with E-state index in [2.05, 4.69) is 79.4 Å². The average Bonchev–Trinajstić information content (AvgIpc) is 2.56. The van der Waals surface area contributed by atoms with Gasteiger partial charge in [0.05, 0.1) is 0 Å². The minimum absolute atomic E-state index is 1.15. The molecule has 0 heteroatoms. The number of hydrogen-bond acceptors (Lipinski definition) is 0. The van der Waals surface area contributed by atoms with Crippen molar-refractivity contribution in [2.45, 2.75) is 0 Å². The van der Waals surface area contributed by atoms with E-state index in [-0.39, 0.29) is 0 Å². The van der Waals surface area contributed by atoms with E-state index in [0.29, 0.717) is 0 Å². The molecule has 0 aromatic heterocycles. The topological polar surface area (TPSA) is 0 Å². The van der Waals surface area contributed by atoms with Crippen molar-refractivity contribution < 1.29 is 0 Å². The van der Waals surface area contributed by atoms with Crippen molar-refractivity contribution in [2.24, 2.45) is 0 Å². The third-order valence-corrected chi connectivity index (χ3v) is 3.45. The summed E-state index contributed by atoms with van der Waals surface area (Å²) < 4.78 is 0. The highest BCUT2D eigenvalue weighted by Crippen LogP contribution is 2.26. The Morgan fingerprint density at radius 3 is 1.70 bits per heavy atom. The SMILES string of the molecule is C=Cc1ccc(-c2cccc(-c3ccccc3)c2)cc1. The van der Waals surface area contributed by atoms with Crippen LogP contribution in [0.3, 0.4) is 0 Å². The molecule has 96 valence electrons. The first-order valence-corrected chi connectivity index (χ1v) is 6.75. The summed E-state index contributed by atoms with van der Waals surface area (Å²) in [6.45, 7) is 3.79. The second-order valence-electron chi connectivity index (χ2n) is 4.77. The Balaban J connectivity index is 2.00. The van der Waals surface area contributed by atoms with E-state index in [1.165, 1.54) is 22.3 Å². The van der Waals surface area contributed by atoms with Crippen LogP contribution in [-0.4, -0.2) is 0 Å². The minimum Gasteiger partial charge on any atom is -0.0985 e. The lowest BCUT2D eigenvalue weighted by atomic mass is 9.98. The molecular formula is C20H16. The summed E-state index contributed by atoms with van der Waals surface area (Å²) in [6, 6.07) is 27.6. The van der Waals surface area contributed by atoms with E-state index in [9.17, 15) is 0 Å². The molecule has 0 aliphatic carbocycles. The van der Waals surface area contributed by atoms with Crippen molar-refractivity contribution in [1.29, 1.82) is 0 Å². The van der Waals surface area contributed by atoms with Crippen molar-refractivity contribution in [1.82, 2.24) is 0 Å². The second-order valence-corrected chi connectivity index (χ2v) is 4.77. The molecule has 0 radical (unpaired) electrons. The molecule has 3 rings (SSSR count). The Morgan fingerprint density at radius 1 is 0.550 bits per heavy atom. The lowest BCUT2D eigenvalue weighted by Gasteiger charge is -2.06. The van der Waals surface area contributed by atoms with Gasteiger partial charge in [-0.3, -0.25) is 0 Å². The zero-order valence-corrected chi connectivity index (χ0v) is 11.3. The van der Waals surface area contributed by atoms with Gasteiger partial charge in [-0.1, -0.05) is 85.5 Å². The van der Waals surface area contributed by atoms with Gasteiger partial charge in [-0.2, -0.15) is 0 Å². The summed E-state index contributed by atoms with van der Waals surface area (Å²) in [6.07, 6.45) is 1.87. The molecule has 0 saturated heterocycles. The van der Waals surface area contributed by atoms with Gasteiger partial charge in [0, 0.05) is 0 Å². The van der Waals surface area contributed by atoms with E-state index >= 15 is 0 Å². The zero-order valence-electron chi connectivity index (χ0n) is 11.3. The van der Waals surface area contributed by atoms with Crippen LogP contribution >= 0.6 is 0 Å². The largest absolute Gasteiger partial charge is 0.0985 e. The molecular weight excluding hydrogens is 240 g/mol. The van der Waals surface area contributed by atoms with Gasteiger partial charge in [0.25, 0.3) is 0 Å². The molecule has 0 aliphatic heterocycles. The molecule has 0 aliphatic rings. The minimum atomic E-state index is 1.15. The van der Waals surface area contributed by atoms with Crippen LogP contribution < -0.4 is 0 Å². The Kier molecular flexibility index (Phi) is 3.47. The highest BCUT2D eigenvalue weighted by Gasteiger charge is 2.01. The molecule has 0 fully saturated rings. The molecule has 0 amide bonds. The molecule has 0 unspecified atom stereocenters. The Hall–Kier alpha value is -2.60. The Labute approximate surface area is 120 Å². The molecule has 0 bridgehead atoms. The maximum atomic E-state index is 3.79. The van der Waals surface area contributed by atoms with Crippen LogP contribution in [0.15, 0.2) is 85.4 Å². The van der Waals surface area contributed by atoms with E-state index in [0.717, 1.165) is 5.56 Å². The van der Waals surface area contributed by atoms with Crippen LogP contribution in [0.25, 0.3) is 28.3 Å². The van der Waals surface area contributed by atoms with Gasteiger partial charge in [-0.25, -0.2) is 0 Å². The summed E-state index contributed by atoms with van der Waals surface area (Å²) in [4.78, 5) is 0. The Morgan fingerprint density at radius 2 is 1.10 bits per heavy atom. The predicted molar refractivity (Wildman–Crippen MR) is 87.4 cm³/mol. The van der Waals surface area contributed by atoms with Crippen LogP contribution in [0.5, 0.6) is 0 Å². The molecule has 0 atom stereocenters. The second kappa shape index (κ2) is 5.58. The fourth-order valence-corrected chi connectivity index (χ4v) is 2.32. The zero-order chi connectivity index (χ0) is 13.8. The number of benzene rings is 3. The predicted octanol–water partition coefficient (Wildman–Crippen LogP) is 5.66. The maximum Gasteiger partial charge on any atom is -0.0178 e. The van der Waals surface area contributed by atoms with Gasteiger partial charge in [-0.15, -0.1) is 0 Å². The average molecular weight is 256 g/mol. The van der Waals surface area contributed by atoms with Crippen LogP contribution in [0.1, 0.15) is 5.56 Å². The first kappa shape index (κ1) is 12.4. The summed E-state index contributed by atoms with van der Waals surface area (Å²) in [7, 11) is 0. The molecule has 0 nitrogen and oxygen atoms in total. The highest BCUT2D eigenvalue weighted by atomic mass is 14.1. The van der Waals surface area contributed by atoms with Crippen molar-refractivity contribution in [3.05, 3.63) is 91.0 Å². The molecule has 0 N–H and O–H groups in total. The van der Waals surface area contributed by atoms with Crippen molar-refractivity contribution in [3.8, 4) is 22.3 Å². The van der Waals surface area contributed by atoms with E-state index in [4.69, 9.17) is 0 Å². The summed E-state index contributed by atoms with van der Waals surface area (Å²) in [5, 5.41) is 0. The smallest absolute Gasteiger partial charge is 0.0178 e. The van der Waals surface area contributed by atoms with Crippen molar-refractivity contribution in [2.75, 3.05) is 0 Å². The van der Waals surface area contributed by atoms with Crippen molar-refractivity contribution >= 4 is 6.08 Å². The summed E-state index contributed by atoms with van der Waals surface area (Å²) in [5.41, 5.74) is 6.11. The van der Waals surface area contributed by atoms with Gasteiger partial charge in [0.15, 0.2) is 0 Å². The van der Waals surface area contributed by atoms with E-state index in [1.807, 2.05) is 12.1 Å². The molecule has 3 aromatic rings. The molecule has 0 saturated carbocycles. The standard InChI is InChI=1S/C20H16/c1-2-16-11-13-18(14-12-16)20-10-6-9-19(15-20)17-7-4-3-5-8-17/h2-15H,1H2. The highest BCUT2D eigenvalue weighted by molar-refractivity contribution is 5.73. The summed E-state index contributed by atoms with van der Waals surface area (Å²) >= 11 is 0. The lowest BCUT2D eigenvalue weighted by Crippen LogP contribution is -1.81. The van der Waals surface area contributed by atoms with Gasteiger partial charge < -0.3 is 0 Å². The fraction of sp³-hybridized carbons (Fsp3) is 0. The Bertz CT molecular complexity index is 707. The fourth-order valence-electron chi connectivity index (χ4n) is 2.32. The third kappa shape index (κ3) is 2.55. The maximum absolute atomic E-state index is 3.79. The normalized spacial score (nSPS) is 10.2. The summed E-state index contributed by atoms with van der Waals surface area (Å²) in [5.74, 6) is 0. The van der Waals surface area contributed by atoms with Crippen LogP contribution in [0.2, 0.25) is 0 Å². The van der Waals surface area contributed by atoms with Gasteiger partial charge >= 0.3 is 0 Å². The molecule has 0 spiro atoms. The van der Waals surface area contributed by atoms with E-state index in [1.54, 1.807) is 0 Å². The third-order valence-electron chi connectivity index (χ3n) is 3.45. The van der Waals surface area contributed by atoms with Gasteiger partial charge in [-0.05, 0) is 33.9 Å². The van der Waals surface area contributed by atoms with Gasteiger partial charge in [0.2, 0.25) is 0 Å². The molecule has 20 heavy (non-hydrogen) atoms. The van der Waals surface area contributed by atoms with E-state index < -0.39 is 0 Å². The quantitative estimate of drug-likeness (QED) is 0.567. The van der Waals surface area contributed by atoms with Crippen molar-refractivity contribution in [3.63, 3.8) is 0 Å². The van der Waals surface area contributed by atoms with Crippen LogP contribution in [0, 0.1) is 0 Å². The monoisotopic (exact) mass is 256 g/mol. The lowest BCUT2D eigenvalue weighted by molar-refractivity contribution is 1.58. The first-order valence-electron chi connectivity index (χ1n) is 6.75. The number of rotatable bonds is 3. The number of hydrogen-bond donors (Lipinski definition) is 0. The molecule has 3 aromatic carbocycles. The van der Waals surface area contributed by atoms with Crippen LogP contribution in [-0.2, 0) is 0 Å². The van der Waals surface area contributed by atoms with Gasteiger partial charge in [0.1, 0.15) is 0 Å².